The first kappa shape index (κ1) is 12.5. The molecule has 0 saturated heterocycles. The van der Waals surface area contributed by atoms with Gasteiger partial charge in [-0.15, -0.1) is 0 Å². The van der Waals surface area contributed by atoms with Crippen molar-refractivity contribution in [1.29, 1.82) is 0 Å². The van der Waals surface area contributed by atoms with Gasteiger partial charge in [-0.05, 0) is 12.5 Å². The Bertz CT molecular complexity index is 528. The molecule has 2 rings (SSSR count). The lowest BCUT2D eigenvalue weighted by Gasteiger charge is -2.20. The SMILES string of the molecule is Cc1cccc(CN(C)c2ncncc2CO)c1. The highest BCUT2D eigenvalue weighted by atomic mass is 16.3. The number of benzene rings is 1. The Labute approximate surface area is 107 Å². The first-order valence-corrected chi connectivity index (χ1v) is 5.87. The van der Waals surface area contributed by atoms with E-state index in [1.807, 2.05) is 18.0 Å². The second-order valence-corrected chi connectivity index (χ2v) is 4.37. The molecular formula is C14H17N3O. The standard InChI is InChI=1S/C14H17N3O/c1-11-4-3-5-12(6-11)8-17(2)14-13(9-18)7-15-10-16-14/h3-7,10,18H,8-9H2,1-2H3. The number of hydrogen-bond acceptors (Lipinski definition) is 4. The molecule has 0 aliphatic rings. The van der Waals surface area contributed by atoms with Crippen molar-refractivity contribution < 1.29 is 5.11 Å². The lowest BCUT2D eigenvalue weighted by Crippen LogP contribution is -2.19. The van der Waals surface area contributed by atoms with E-state index >= 15 is 0 Å². The van der Waals surface area contributed by atoms with Crippen molar-refractivity contribution in [2.45, 2.75) is 20.1 Å². The molecule has 0 saturated carbocycles. The fraction of sp³-hybridized carbons (Fsp3) is 0.286. The topological polar surface area (TPSA) is 49.2 Å². The zero-order chi connectivity index (χ0) is 13.0. The summed E-state index contributed by atoms with van der Waals surface area (Å²) >= 11 is 0. The van der Waals surface area contributed by atoms with Crippen LogP contribution < -0.4 is 4.90 Å². The number of nitrogens with zero attached hydrogens (tertiary/aromatic N) is 3. The Hall–Kier alpha value is -1.94. The highest BCUT2D eigenvalue weighted by Gasteiger charge is 2.08. The number of rotatable bonds is 4. The predicted molar refractivity (Wildman–Crippen MR) is 71.2 cm³/mol. The lowest BCUT2D eigenvalue weighted by atomic mass is 10.1. The van der Waals surface area contributed by atoms with Gasteiger partial charge in [-0.2, -0.15) is 0 Å². The summed E-state index contributed by atoms with van der Waals surface area (Å²) < 4.78 is 0. The average molecular weight is 243 g/mol. The molecule has 0 radical (unpaired) electrons. The maximum Gasteiger partial charge on any atom is 0.137 e. The zero-order valence-corrected chi connectivity index (χ0v) is 10.7. The van der Waals surface area contributed by atoms with E-state index in [1.54, 1.807) is 6.20 Å². The third-order valence-corrected chi connectivity index (χ3v) is 2.80. The number of aryl methyl sites for hydroxylation is 1. The highest BCUT2D eigenvalue weighted by molar-refractivity contribution is 5.45. The maximum atomic E-state index is 9.27. The third-order valence-electron chi connectivity index (χ3n) is 2.80. The average Bonchev–Trinajstić information content (AvgIpc) is 2.38. The minimum Gasteiger partial charge on any atom is -0.391 e. The molecule has 0 unspecified atom stereocenters. The van der Waals surface area contributed by atoms with Gasteiger partial charge in [-0.1, -0.05) is 29.8 Å². The van der Waals surface area contributed by atoms with Crippen LogP contribution >= 0.6 is 0 Å². The van der Waals surface area contributed by atoms with Crippen LogP contribution in [0.3, 0.4) is 0 Å². The Morgan fingerprint density at radius 1 is 1.33 bits per heavy atom. The number of aliphatic hydroxyl groups is 1. The monoisotopic (exact) mass is 243 g/mol. The van der Waals surface area contributed by atoms with E-state index in [0.29, 0.717) is 0 Å². The summed E-state index contributed by atoms with van der Waals surface area (Å²) in [5.74, 6) is 0.772. The summed E-state index contributed by atoms with van der Waals surface area (Å²) in [5, 5.41) is 9.27. The Kier molecular flexibility index (Phi) is 3.89. The van der Waals surface area contributed by atoms with Gasteiger partial charge in [0, 0.05) is 25.4 Å². The van der Waals surface area contributed by atoms with Gasteiger partial charge in [0.25, 0.3) is 0 Å². The van der Waals surface area contributed by atoms with E-state index < -0.39 is 0 Å². The quantitative estimate of drug-likeness (QED) is 0.891. The molecule has 0 amide bonds. The smallest absolute Gasteiger partial charge is 0.137 e. The molecule has 1 N–H and O–H groups in total. The second-order valence-electron chi connectivity index (χ2n) is 4.37. The molecular weight excluding hydrogens is 226 g/mol. The maximum absolute atomic E-state index is 9.27. The molecule has 0 aliphatic carbocycles. The van der Waals surface area contributed by atoms with E-state index in [9.17, 15) is 5.11 Å². The van der Waals surface area contributed by atoms with Crippen LogP contribution in [0.4, 0.5) is 5.82 Å². The second kappa shape index (κ2) is 5.60. The van der Waals surface area contributed by atoms with Gasteiger partial charge in [0.05, 0.1) is 6.61 Å². The molecule has 2 aromatic rings. The van der Waals surface area contributed by atoms with Crippen LogP contribution in [0.15, 0.2) is 36.8 Å². The Balaban J connectivity index is 2.19. The Morgan fingerprint density at radius 3 is 2.89 bits per heavy atom. The lowest BCUT2D eigenvalue weighted by molar-refractivity contribution is 0.281. The molecule has 1 aromatic carbocycles. The van der Waals surface area contributed by atoms with Gasteiger partial charge < -0.3 is 10.0 Å². The largest absolute Gasteiger partial charge is 0.391 e. The highest BCUT2D eigenvalue weighted by Crippen LogP contribution is 2.17. The van der Waals surface area contributed by atoms with E-state index in [-0.39, 0.29) is 6.61 Å². The number of aliphatic hydroxyl groups excluding tert-OH is 1. The molecule has 4 heteroatoms. The van der Waals surface area contributed by atoms with Gasteiger partial charge in [-0.25, -0.2) is 9.97 Å². The summed E-state index contributed by atoms with van der Waals surface area (Å²) in [6, 6.07) is 8.36. The van der Waals surface area contributed by atoms with Crippen LogP contribution in [-0.2, 0) is 13.2 Å². The molecule has 0 bridgehead atoms. The van der Waals surface area contributed by atoms with Crippen molar-refractivity contribution in [1.82, 2.24) is 9.97 Å². The number of hydrogen-bond donors (Lipinski definition) is 1. The van der Waals surface area contributed by atoms with E-state index in [2.05, 4.69) is 35.1 Å². The van der Waals surface area contributed by atoms with E-state index in [4.69, 9.17) is 0 Å². The molecule has 0 spiro atoms. The summed E-state index contributed by atoms with van der Waals surface area (Å²) in [7, 11) is 1.96. The van der Waals surface area contributed by atoms with Crippen molar-refractivity contribution in [2.75, 3.05) is 11.9 Å². The first-order chi connectivity index (χ1) is 8.70. The number of anilines is 1. The van der Waals surface area contributed by atoms with E-state index in [1.165, 1.54) is 17.5 Å². The molecule has 1 aromatic heterocycles. The van der Waals surface area contributed by atoms with Crippen molar-refractivity contribution in [3.05, 3.63) is 53.5 Å². The minimum absolute atomic E-state index is 0.0473. The van der Waals surface area contributed by atoms with Gasteiger partial charge in [-0.3, -0.25) is 0 Å². The fourth-order valence-electron chi connectivity index (χ4n) is 1.97. The summed E-state index contributed by atoms with van der Waals surface area (Å²) in [4.78, 5) is 10.2. The Morgan fingerprint density at radius 2 is 2.17 bits per heavy atom. The van der Waals surface area contributed by atoms with Crippen LogP contribution in [0.5, 0.6) is 0 Å². The molecule has 4 nitrogen and oxygen atoms in total. The minimum atomic E-state index is -0.0473. The number of aromatic nitrogens is 2. The molecule has 0 aliphatic heterocycles. The molecule has 1 heterocycles. The van der Waals surface area contributed by atoms with Crippen LogP contribution in [0.25, 0.3) is 0 Å². The fourth-order valence-corrected chi connectivity index (χ4v) is 1.97. The van der Waals surface area contributed by atoms with Crippen molar-refractivity contribution in [3.8, 4) is 0 Å². The van der Waals surface area contributed by atoms with Gasteiger partial charge in [0.15, 0.2) is 0 Å². The molecule has 0 fully saturated rings. The zero-order valence-electron chi connectivity index (χ0n) is 10.7. The van der Waals surface area contributed by atoms with Crippen molar-refractivity contribution >= 4 is 5.82 Å². The van der Waals surface area contributed by atoms with Gasteiger partial charge in [0.1, 0.15) is 12.1 Å². The predicted octanol–water partition coefficient (Wildman–Crippen LogP) is 1.91. The first-order valence-electron chi connectivity index (χ1n) is 5.87. The van der Waals surface area contributed by atoms with E-state index in [0.717, 1.165) is 17.9 Å². The van der Waals surface area contributed by atoms with Crippen LogP contribution in [-0.4, -0.2) is 22.1 Å². The van der Waals surface area contributed by atoms with Crippen molar-refractivity contribution in [3.63, 3.8) is 0 Å². The molecule has 0 atom stereocenters. The normalized spacial score (nSPS) is 10.4. The summed E-state index contributed by atoms with van der Waals surface area (Å²) in [5.41, 5.74) is 3.21. The summed E-state index contributed by atoms with van der Waals surface area (Å²) in [6.45, 7) is 2.79. The van der Waals surface area contributed by atoms with Gasteiger partial charge in [0.2, 0.25) is 0 Å². The van der Waals surface area contributed by atoms with Crippen molar-refractivity contribution in [2.24, 2.45) is 0 Å². The third kappa shape index (κ3) is 2.84. The summed E-state index contributed by atoms with van der Waals surface area (Å²) in [6.07, 6.45) is 3.15. The van der Waals surface area contributed by atoms with Crippen LogP contribution in [0.2, 0.25) is 0 Å². The van der Waals surface area contributed by atoms with Crippen LogP contribution in [0.1, 0.15) is 16.7 Å². The van der Waals surface area contributed by atoms with Gasteiger partial charge >= 0.3 is 0 Å². The van der Waals surface area contributed by atoms with Crippen LogP contribution in [0, 0.1) is 6.92 Å². The molecule has 94 valence electrons. The molecule has 18 heavy (non-hydrogen) atoms.